The number of carboxylic acid groups (broad SMARTS) is 3. The van der Waals surface area contributed by atoms with Crippen LogP contribution in [0.4, 0.5) is 0 Å². The molecule has 0 radical (unpaired) electrons. The Labute approximate surface area is 200 Å². The van der Waals surface area contributed by atoms with Crippen LogP contribution in [0.1, 0.15) is 24.1 Å². The first-order valence-corrected chi connectivity index (χ1v) is 11.1. The van der Waals surface area contributed by atoms with Crippen molar-refractivity contribution in [2.75, 3.05) is 19.6 Å². The number of hydrogen-bond acceptors (Lipinski definition) is 9. The van der Waals surface area contributed by atoms with Crippen molar-refractivity contribution in [1.82, 2.24) is 25.2 Å². The number of likely N-dealkylation sites (tertiary alicyclic amines) is 1. The van der Waals surface area contributed by atoms with Crippen LogP contribution in [0.25, 0.3) is 0 Å². The van der Waals surface area contributed by atoms with Gasteiger partial charge in [-0.3, -0.25) is 14.5 Å². The number of nitrogens with zero attached hydrogens (tertiary/aromatic N) is 4. The maximum absolute atomic E-state index is 12.0. The summed E-state index contributed by atoms with van der Waals surface area (Å²) in [5.41, 5.74) is 1.49. The van der Waals surface area contributed by atoms with E-state index in [1.807, 2.05) is 30.3 Å². The molecule has 1 aliphatic heterocycles. The molecule has 3 rings (SSSR count). The Morgan fingerprint density at radius 2 is 1.89 bits per heavy atom. The predicted molar refractivity (Wildman–Crippen MR) is 119 cm³/mol. The van der Waals surface area contributed by atoms with Crippen LogP contribution >= 0.6 is 0 Å². The summed E-state index contributed by atoms with van der Waals surface area (Å²) in [6.07, 6.45) is -0.689. The van der Waals surface area contributed by atoms with Gasteiger partial charge in [-0.2, -0.15) is 0 Å². The molecule has 4 atom stereocenters. The minimum atomic E-state index is -1.64. The number of carbonyl (C=O) groups is 3. The lowest BCUT2D eigenvalue weighted by Crippen LogP contribution is -2.59. The fourth-order valence-corrected chi connectivity index (χ4v) is 3.75. The van der Waals surface area contributed by atoms with E-state index in [0.717, 1.165) is 5.56 Å². The van der Waals surface area contributed by atoms with Crippen LogP contribution in [-0.2, 0) is 32.3 Å². The molecule has 0 bridgehead atoms. The summed E-state index contributed by atoms with van der Waals surface area (Å²) in [6.45, 7) is 0.847. The molecule has 1 fully saturated rings. The van der Waals surface area contributed by atoms with Gasteiger partial charge in [0.25, 0.3) is 0 Å². The van der Waals surface area contributed by atoms with Crippen molar-refractivity contribution in [3.05, 3.63) is 47.8 Å². The van der Waals surface area contributed by atoms with Gasteiger partial charge in [0.05, 0.1) is 25.5 Å². The smallest absolute Gasteiger partial charge is 0.332 e. The SMILES string of the molecule is O=C(O)[C@@H](NCC[C@H](O)C(=O)O)C(CN1CC[C@H]1C(=O)O)OCc1cn(Cc2ccccc2)nn1. The van der Waals surface area contributed by atoms with E-state index >= 15 is 0 Å². The number of aliphatic carboxylic acids is 3. The molecule has 1 unspecified atom stereocenters. The molecule has 0 aliphatic carbocycles. The van der Waals surface area contributed by atoms with E-state index in [2.05, 4.69) is 15.6 Å². The van der Waals surface area contributed by atoms with Gasteiger partial charge in [-0.1, -0.05) is 35.5 Å². The molecule has 13 heteroatoms. The van der Waals surface area contributed by atoms with Crippen LogP contribution in [0.2, 0.25) is 0 Å². The molecule has 13 nitrogen and oxygen atoms in total. The van der Waals surface area contributed by atoms with Crippen molar-refractivity contribution in [2.24, 2.45) is 0 Å². The Hall–Kier alpha value is -3.39. The second kappa shape index (κ2) is 12.4. The first kappa shape index (κ1) is 26.2. The van der Waals surface area contributed by atoms with Gasteiger partial charge in [0, 0.05) is 13.1 Å². The fraction of sp³-hybridized carbons (Fsp3) is 0.500. The first-order chi connectivity index (χ1) is 16.7. The predicted octanol–water partition coefficient (Wildman–Crippen LogP) is -0.751. The molecule has 2 aromatic rings. The van der Waals surface area contributed by atoms with E-state index in [0.29, 0.717) is 25.2 Å². The van der Waals surface area contributed by atoms with E-state index < -0.39 is 42.2 Å². The third kappa shape index (κ3) is 7.55. The zero-order chi connectivity index (χ0) is 25.4. The lowest BCUT2D eigenvalue weighted by atomic mass is 10.0. The Kier molecular flexibility index (Phi) is 9.25. The number of carboxylic acids is 3. The highest BCUT2D eigenvalue weighted by molar-refractivity contribution is 5.75. The van der Waals surface area contributed by atoms with E-state index in [-0.39, 0.29) is 26.1 Å². The van der Waals surface area contributed by atoms with Crippen LogP contribution in [0, 0.1) is 0 Å². The van der Waals surface area contributed by atoms with Gasteiger partial charge < -0.3 is 30.5 Å². The minimum absolute atomic E-state index is 0.0283. The van der Waals surface area contributed by atoms with Gasteiger partial charge in [0.2, 0.25) is 0 Å². The number of ether oxygens (including phenoxy) is 1. The molecule has 0 saturated carbocycles. The molecule has 2 heterocycles. The van der Waals surface area contributed by atoms with Gasteiger partial charge in [0.15, 0.2) is 6.10 Å². The summed E-state index contributed by atoms with van der Waals surface area (Å²) in [5.74, 6) is -3.65. The highest BCUT2D eigenvalue weighted by atomic mass is 16.5. The highest BCUT2D eigenvalue weighted by Gasteiger charge is 2.39. The Morgan fingerprint density at radius 1 is 1.14 bits per heavy atom. The number of hydrogen-bond donors (Lipinski definition) is 5. The fourth-order valence-electron chi connectivity index (χ4n) is 3.75. The zero-order valence-electron chi connectivity index (χ0n) is 18.9. The van der Waals surface area contributed by atoms with Gasteiger partial charge in [-0.15, -0.1) is 5.10 Å². The van der Waals surface area contributed by atoms with Gasteiger partial charge in [-0.05, 0) is 24.9 Å². The van der Waals surface area contributed by atoms with E-state index in [9.17, 15) is 29.7 Å². The molecule has 1 aromatic heterocycles. The largest absolute Gasteiger partial charge is 0.480 e. The van der Waals surface area contributed by atoms with Crippen LogP contribution in [0.3, 0.4) is 0 Å². The first-order valence-electron chi connectivity index (χ1n) is 11.1. The normalized spacial score (nSPS) is 18.4. The molecule has 1 aliphatic rings. The second-order valence-electron chi connectivity index (χ2n) is 8.29. The molecule has 0 spiro atoms. The number of nitrogens with one attached hydrogen (secondary N) is 1. The topological polar surface area (TPSA) is 187 Å². The summed E-state index contributed by atoms with van der Waals surface area (Å²) in [5, 5.41) is 48.2. The molecular weight excluding hydrogens is 462 g/mol. The van der Waals surface area contributed by atoms with Crippen molar-refractivity contribution < 1.29 is 39.5 Å². The maximum atomic E-state index is 12.0. The number of aliphatic hydroxyl groups is 1. The highest BCUT2D eigenvalue weighted by Crippen LogP contribution is 2.20. The number of aliphatic hydroxyl groups excluding tert-OH is 1. The molecule has 190 valence electrons. The van der Waals surface area contributed by atoms with E-state index in [1.165, 1.54) is 0 Å². The third-order valence-electron chi connectivity index (χ3n) is 5.75. The zero-order valence-corrected chi connectivity index (χ0v) is 18.9. The van der Waals surface area contributed by atoms with Gasteiger partial charge >= 0.3 is 17.9 Å². The summed E-state index contributed by atoms with van der Waals surface area (Å²) < 4.78 is 7.51. The van der Waals surface area contributed by atoms with Crippen LogP contribution in [-0.4, -0.2) is 102 Å². The average Bonchev–Trinajstić information content (AvgIpc) is 3.23. The average molecular weight is 492 g/mol. The van der Waals surface area contributed by atoms with Crippen LogP contribution < -0.4 is 5.32 Å². The van der Waals surface area contributed by atoms with Gasteiger partial charge in [0.1, 0.15) is 17.8 Å². The molecule has 35 heavy (non-hydrogen) atoms. The lowest BCUT2D eigenvalue weighted by molar-refractivity contribution is -0.152. The third-order valence-corrected chi connectivity index (χ3v) is 5.75. The number of rotatable bonds is 15. The summed E-state index contributed by atoms with van der Waals surface area (Å²) in [4.78, 5) is 35.8. The van der Waals surface area contributed by atoms with Crippen molar-refractivity contribution in [3.8, 4) is 0 Å². The lowest BCUT2D eigenvalue weighted by Gasteiger charge is -2.41. The van der Waals surface area contributed by atoms with Crippen molar-refractivity contribution >= 4 is 17.9 Å². The van der Waals surface area contributed by atoms with Crippen molar-refractivity contribution in [3.63, 3.8) is 0 Å². The van der Waals surface area contributed by atoms with E-state index in [1.54, 1.807) is 15.8 Å². The monoisotopic (exact) mass is 491 g/mol. The summed E-state index contributed by atoms with van der Waals surface area (Å²) in [7, 11) is 0. The summed E-state index contributed by atoms with van der Waals surface area (Å²) in [6, 6.07) is 7.63. The molecule has 5 N–H and O–H groups in total. The number of benzene rings is 1. The molecule has 1 aromatic carbocycles. The van der Waals surface area contributed by atoms with Gasteiger partial charge in [-0.25, -0.2) is 9.48 Å². The van der Waals surface area contributed by atoms with Crippen LogP contribution in [0.5, 0.6) is 0 Å². The summed E-state index contributed by atoms with van der Waals surface area (Å²) >= 11 is 0. The molecular formula is C22H29N5O8. The van der Waals surface area contributed by atoms with Crippen molar-refractivity contribution in [2.45, 2.75) is 50.3 Å². The quantitative estimate of drug-likeness (QED) is 0.210. The second-order valence-corrected chi connectivity index (χ2v) is 8.29. The Balaban J connectivity index is 1.65. The molecule has 0 amide bonds. The standard InChI is InChI=1S/C22H29N5O8/c28-17(21(31)32)6-8-23-19(22(33)34)18(12-26-9-7-16(26)20(29)30)35-13-15-11-27(25-24-15)10-14-4-2-1-3-5-14/h1-5,11,16-19,23,28H,6-10,12-13H2,(H,29,30)(H,31,32)(H,33,34)/t16-,17-,18?,19-/m0/s1. The Morgan fingerprint density at radius 3 is 2.49 bits per heavy atom. The number of aromatic nitrogens is 3. The van der Waals surface area contributed by atoms with Crippen molar-refractivity contribution in [1.29, 1.82) is 0 Å². The van der Waals surface area contributed by atoms with Crippen LogP contribution in [0.15, 0.2) is 36.5 Å². The Bertz CT molecular complexity index is 1000. The minimum Gasteiger partial charge on any atom is -0.480 e. The maximum Gasteiger partial charge on any atom is 0.332 e. The van der Waals surface area contributed by atoms with E-state index in [4.69, 9.17) is 9.84 Å². The molecule has 1 saturated heterocycles.